The first kappa shape index (κ1) is 16.4. The third-order valence-electron chi connectivity index (χ3n) is 4.48. The lowest BCUT2D eigenvalue weighted by molar-refractivity contribution is -0.163. The van der Waals surface area contributed by atoms with Crippen molar-refractivity contribution in [3.05, 3.63) is 17.5 Å². The van der Waals surface area contributed by atoms with Gasteiger partial charge in [-0.25, -0.2) is 0 Å². The fourth-order valence-corrected chi connectivity index (χ4v) is 3.03. The average Bonchev–Trinajstić information content (AvgIpc) is 2.97. The Hall–Kier alpha value is -1.44. The van der Waals surface area contributed by atoms with Gasteiger partial charge >= 0.3 is 0 Å². The Morgan fingerprint density at radius 2 is 2.26 bits per heavy atom. The second kappa shape index (κ2) is 7.90. The molecule has 128 valence electrons. The second-order valence-electron chi connectivity index (χ2n) is 6.08. The van der Waals surface area contributed by atoms with E-state index in [2.05, 4.69) is 10.4 Å². The maximum Gasteiger partial charge on any atom is 0.257 e. The fourth-order valence-electron chi connectivity index (χ4n) is 3.03. The second-order valence-corrected chi connectivity index (χ2v) is 6.08. The molecular weight excluding hydrogens is 296 g/mol. The molecule has 1 aromatic rings. The number of nitrogens with one attached hydrogen (secondary N) is 1. The molecule has 1 aromatic heterocycles. The van der Waals surface area contributed by atoms with Gasteiger partial charge in [-0.15, -0.1) is 0 Å². The Morgan fingerprint density at radius 1 is 1.43 bits per heavy atom. The Labute approximate surface area is 136 Å². The molecule has 0 aliphatic carbocycles. The minimum Gasteiger partial charge on any atom is -0.353 e. The predicted octanol–water partition coefficient (Wildman–Crippen LogP) is 0.780. The van der Waals surface area contributed by atoms with E-state index in [1.54, 1.807) is 6.20 Å². The summed E-state index contributed by atoms with van der Waals surface area (Å²) < 4.78 is 13.1. The van der Waals surface area contributed by atoms with Gasteiger partial charge in [0, 0.05) is 38.5 Å². The van der Waals surface area contributed by atoms with Gasteiger partial charge in [-0.3, -0.25) is 9.48 Å². The lowest BCUT2D eigenvalue weighted by Gasteiger charge is -2.27. The van der Waals surface area contributed by atoms with Crippen molar-refractivity contribution in [2.75, 3.05) is 39.4 Å². The molecule has 0 aromatic carbocycles. The van der Waals surface area contributed by atoms with E-state index in [1.165, 1.54) is 0 Å². The molecule has 0 bridgehead atoms. The topological polar surface area (TPSA) is 68.6 Å². The van der Waals surface area contributed by atoms with Crippen LogP contribution < -0.4 is 5.32 Å². The number of piperazine rings is 1. The number of hydrogen-bond donors (Lipinski definition) is 1. The van der Waals surface area contributed by atoms with Gasteiger partial charge in [0.1, 0.15) is 0 Å². The first-order valence-corrected chi connectivity index (χ1v) is 8.51. The summed E-state index contributed by atoms with van der Waals surface area (Å²) in [5, 5.41) is 7.60. The van der Waals surface area contributed by atoms with Crippen LogP contribution in [0, 0.1) is 6.92 Å². The molecule has 1 atom stereocenters. The normalized spacial score (nSPS) is 22.3. The number of carbonyl (C=O) groups is 1. The van der Waals surface area contributed by atoms with E-state index in [-0.39, 0.29) is 12.2 Å². The highest BCUT2D eigenvalue weighted by atomic mass is 16.7. The molecule has 2 aliphatic heterocycles. The molecule has 7 nitrogen and oxygen atoms in total. The molecule has 2 aliphatic rings. The summed E-state index contributed by atoms with van der Waals surface area (Å²) in [6.45, 7) is 7.14. The van der Waals surface area contributed by atoms with Crippen LogP contribution in [0.4, 0.5) is 0 Å². The van der Waals surface area contributed by atoms with Crippen molar-refractivity contribution in [1.82, 2.24) is 20.0 Å². The van der Waals surface area contributed by atoms with Crippen LogP contribution in [0.25, 0.3) is 0 Å². The molecule has 1 unspecified atom stereocenters. The summed E-state index contributed by atoms with van der Waals surface area (Å²) in [6.07, 6.45) is 4.84. The number of nitrogens with zero attached hydrogens (tertiary/aromatic N) is 3. The highest BCUT2D eigenvalue weighted by Gasteiger charge is 2.22. The van der Waals surface area contributed by atoms with Gasteiger partial charge in [-0.05, 0) is 26.2 Å². The van der Waals surface area contributed by atoms with Crippen molar-refractivity contribution in [1.29, 1.82) is 0 Å². The summed E-state index contributed by atoms with van der Waals surface area (Å²) in [4.78, 5) is 14.4. The lowest BCUT2D eigenvalue weighted by Crippen LogP contribution is -2.46. The molecule has 3 rings (SSSR count). The molecule has 0 radical (unpaired) electrons. The van der Waals surface area contributed by atoms with E-state index in [4.69, 9.17) is 9.47 Å². The largest absolute Gasteiger partial charge is 0.353 e. The fraction of sp³-hybridized carbons (Fsp3) is 0.750. The Morgan fingerprint density at radius 3 is 3.00 bits per heavy atom. The third-order valence-corrected chi connectivity index (χ3v) is 4.48. The van der Waals surface area contributed by atoms with Crippen LogP contribution in [0.3, 0.4) is 0 Å². The summed E-state index contributed by atoms with van der Waals surface area (Å²) >= 11 is 0. The molecule has 7 heteroatoms. The maximum atomic E-state index is 12.5. The minimum atomic E-state index is -0.0819. The predicted molar refractivity (Wildman–Crippen MR) is 85.3 cm³/mol. The number of rotatable bonds is 5. The molecular formula is C16H26N4O3. The van der Waals surface area contributed by atoms with Gasteiger partial charge in [0.2, 0.25) is 0 Å². The van der Waals surface area contributed by atoms with Crippen molar-refractivity contribution >= 4 is 5.91 Å². The quantitative estimate of drug-likeness (QED) is 0.868. The summed E-state index contributed by atoms with van der Waals surface area (Å²) in [7, 11) is 0. The van der Waals surface area contributed by atoms with Crippen LogP contribution in [0.5, 0.6) is 0 Å². The van der Waals surface area contributed by atoms with Crippen molar-refractivity contribution < 1.29 is 14.3 Å². The smallest absolute Gasteiger partial charge is 0.257 e. The highest BCUT2D eigenvalue weighted by molar-refractivity contribution is 5.95. The van der Waals surface area contributed by atoms with Crippen molar-refractivity contribution in [3.8, 4) is 0 Å². The number of hydrogen-bond acceptors (Lipinski definition) is 5. The minimum absolute atomic E-state index is 0.0757. The van der Waals surface area contributed by atoms with Gasteiger partial charge in [0.25, 0.3) is 5.91 Å². The molecule has 23 heavy (non-hydrogen) atoms. The monoisotopic (exact) mass is 322 g/mol. The van der Waals surface area contributed by atoms with Gasteiger partial charge in [0.15, 0.2) is 6.29 Å². The van der Waals surface area contributed by atoms with Gasteiger partial charge in [-0.1, -0.05) is 0 Å². The molecule has 2 saturated heterocycles. The molecule has 1 amide bonds. The zero-order chi connectivity index (χ0) is 16.1. The number of ether oxygens (including phenoxy) is 2. The first-order valence-electron chi connectivity index (χ1n) is 8.51. The Balaban J connectivity index is 1.52. The van der Waals surface area contributed by atoms with E-state index >= 15 is 0 Å². The van der Waals surface area contributed by atoms with Crippen molar-refractivity contribution in [2.24, 2.45) is 0 Å². The third kappa shape index (κ3) is 4.10. The van der Waals surface area contributed by atoms with Crippen LogP contribution >= 0.6 is 0 Å². The Kier molecular flexibility index (Phi) is 5.64. The lowest BCUT2D eigenvalue weighted by atomic mass is 10.2. The van der Waals surface area contributed by atoms with Crippen LogP contribution in [-0.2, 0) is 16.0 Å². The van der Waals surface area contributed by atoms with E-state index in [9.17, 15) is 4.79 Å². The first-order chi connectivity index (χ1) is 11.3. The molecule has 1 N–H and O–H groups in total. The molecule has 2 fully saturated rings. The van der Waals surface area contributed by atoms with Crippen LogP contribution in [0.2, 0.25) is 0 Å². The summed E-state index contributed by atoms with van der Waals surface area (Å²) in [5.74, 6) is 0.0757. The van der Waals surface area contributed by atoms with Crippen LogP contribution in [-0.4, -0.2) is 66.3 Å². The van der Waals surface area contributed by atoms with Crippen molar-refractivity contribution in [2.45, 2.75) is 39.0 Å². The molecule has 0 saturated carbocycles. The zero-order valence-corrected chi connectivity index (χ0v) is 13.8. The summed E-state index contributed by atoms with van der Waals surface area (Å²) in [5.41, 5.74) is 1.60. The van der Waals surface area contributed by atoms with Gasteiger partial charge in [0.05, 0.1) is 24.9 Å². The van der Waals surface area contributed by atoms with E-state index < -0.39 is 0 Å². The SMILES string of the molecule is Cc1c(C(=O)N2CCNCC2)cnn1CCOC1CCCCO1. The van der Waals surface area contributed by atoms with Crippen molar-refractivity contribution in [3.63, 3.8) is 0 Å². The number of amides is 1. The van der Waals surface area contributed by atoms with Crippen LogP contribution in [0.15, 0.2) is 6.20 Å². The number of carbonyl (C=O) groups excluding carboxylic acids is 1. The van der Waals surface area contributed by atoms with Gasteiger partial charge < -0.3 is 19.7 Å². The Bertz CT molecular complexity index is 519. The zero-order valence-electron chi connectivity index (χ0n) is 13.8. The maximum absolute atomic E-state index is 12.5. The van der Waals surface area contributed by atoms with Gasteiger partial charge in [-0.2, -0.15) is 5.10 Å². The van der Waals surface area contributed by atoms with E-state index in [1.807, 2.05) is 16.5 Å². The molecule has 3 heterocycles. The average molecular weight is 322 g/mol. The van der Waals surface area contributed by atoms with E-state index in [0.29, 0.717) is 18.7 Å². The number of aromatic nitrogens is 2. The molecule has 0 spiro atoms. The van der Waals surface area contributed by atoms with Crippen LogP contribution in [0.1, 0.15) is 35.3 Å². The van der Waals surface area contributed by atoms with E-state index in [0.717, 1.165) is 57.7 Å². The summed E-state index contributed by atoms with van der Waals surface area (Å²) in [6, 6.07) is 0. The standard InChI is InChI=1S/C16H26N4O3/c1-13-14(16(21)19-7-5-17-6-8-19)12-18-20(13)9-11-23-15-4-2-3-10-22-15/h12,15,17H,2-11H2,1H3. The highest BCUT2D eigenvalue weighted by Crippen LogP contribution is 2.15.